The van der Waals surface area contributed by atoms with Gasteiger partial charge in [0.1, 0.15) is 5.75 Å². The third-order valence-corrected chi connectivity index (χ3v) is 7.69. The van der Waals surface area contributed by atoms with Gasteiger partial charge in [-0.3, -0.25) is 4.79 Å². The first-order valence-corrected chi connectivity index (χ1v) is 12.6. The first-order valence-electron chi connectivity index (χ1n) is 12.6. The van der Waals surface area contributed by atoms with Crippen LogP contribution in [0.15, 0.2) is 72.9 Å². The highest BCUT2D eigenvalue weighted by Gasteiger charge is 2.52. The van der Waals surface area contributed by atoms with Crippen LogP contribution in [-0.4, -0.2) is 35.0 Å². The molecule has 0 unspecified atom stereocenters. The summed E-state index contributed by atoms with van der Waals surface area (Å²) >= 11 is 0. The molecular weight excluding hydrogens is 493 g/mol. The highest BCUT2D eigenvalue weighted by molar-refractivity contribution is 6.01. The Morgan fingerprint density at radius 1 is 1.05 bits per heavy atom. The summed E-state index contributed by atoms with van der Waals surface area (Å²) in [6, 6.07) is 20.2. The van der Waals surface area contributed by atoms with Gasteiger partial charge in [0.15, 0.2) is 0 Å². The molecule has 2 aliphatic rings. The fraction of sp³-hybridized carbons (Fsp3) is 0.310. The molecule has 4 aromatic rings. The SMILES string of the molecule is Cc1nn2ccccc2c1C(=O)NCc1ccc(C2CC3(C2)CN(c2ccc(OC(F)(F)F)cc2)C3)cc1. The molecule has 2 aromatic carbocycles. The van der Waals surface area contributed by atoms with E-state index in [-0.39, 0.29) is 17.1 Å². The Hall–Kier alpha value is -4.01. The minimum absolute atomic E-state index is 0.134. The second kappa shape index (κ2) is 9.08. The molecule has 1 saturated carbocycles. The van der Waals surface area contributed by atoms with Crippen LogP contribution >= 0.6 is 0 Å². The number of hydrogen-bond acceptors (Lipinski definition) is 4. The van der Waals surface area contributed by atoms with Crippen LogP contribution in [0.1, 0.15) is 45.9 Å². The number of aryl methyl sites for hydroxylation is 1. The van der Waals surface area contributed by atoms with Crippen molar-refractivity contribution in [1.29, 1.82) is 0 Å². The van der Waals surface area contributed by atoms with Crippen molar-refractivity contribution in [3.05, 3.63) is 95.3 Å². The lowest BCUT2D eigenvalue weighted by Gasteiger charge is -2.60. The van der Waals surface area contributed by atoms with Gasteiger partial charge in [-0.25, -0.2) is 4.52 Å². The number of amides is 1. The number of hydrogen-bond donors (Lipinski definition) is 1. The number of alkyl halides is 3. The fourth-order valence-electron chi connectivity index (χ4n) is 5.86. The Bertz CT molecular complexity index is 1460. The van der Waals surface area contributed by atoms with E-state index >= 15 is 0 Å². The molecule has 6 rings (SSSR count). The molecule has 196 valence electrons. The predicted molar refractivity (Wildman–Crippen MR) is 137 cm³/mol. The van der Waals surface area contributed by atoms with Gasteiger partial charge in [-0.2, -0.15) is 5.10 Å². The van der Waals surface area contributed by atoms with E-state index in [9.17, 15) is 18.0 Å². The van der Waals surface area contributed by atoms with Crippen LogP contribution in [-0.2, 0) is 6.54 Å². The number of benzene rings is 2. The number of nitrogens with zero attached hydrogens (tertiary/aromatic N) is 3. The summed E-state index contributed by atoms with van der Waals surface area (Å²) in [5, 5.41) is 7.42. The van der Waals surface area contributed by atoms with E-state index in [4.69, 9.17) is 0 Å². The van der Waals surface area contributed by atoms with E-state index in [0.717, 1.165) is 42.7 Å². The number of nitrogens with one attached hydrogen (secondary N) is 1. The molecule has 1 spiro atoms. The number of aromatic nitrogens is 2. The molecule has 6 nitrogen and oxygen atoms in total. The zero-order valence-corrected chi connectivity index (χ0v) is 20.8. The maximum Gasteiger partial charge on any atom is 0.573 e. The molecule has 0 bridgehead atoms. The molecular formula is C29H27F3N4O2. The number of halogens is 3. The second-order valence-corrected chi connectivity index (χ2v) is 10.4. The summed E-state index contributed by atoms with van der Waals surface area (Å²) in [7, 11) is 0. The van der Waals surface area contributed by atoms with E-state index in [1.54, 1.807) is 16.6 Å². The predicted octanol–water partition coefficient (Wildman–Crippen LogP) is 5.86. The van der Waals surface area contributed by atoms with E-state index < -0.39 is 6.36 Å². The topological polar surface area (TPSA) is 58.9 Å². The molecule has 0 radical (unpaired) electrons. The second-order valence-electron chi connectivity index (χ2n) is 10.4. The summed E-state index contributed by atoms with van der Waals surface area (Å²) < 4.78 is 42.8. The van der Waals surface area contributed by atoms with Crippen LogP contribution < -0.4 is 15.0 Å². The molecule has 38 heavy (non-hydrogen) atoms. The molecule has 1 amide bonds. The lowest BCUT2D eigenvalue weighted by atomic mass is 9.56. The highest BCUT2D eigenvalue weighted by atomic mass is 19.4. The number of anilines is 1. The van der Waals surface area contributed by atoms with Gasteiger partial charge in [0.25, 0.3) is 5.91 Å². The Balaban J connectivity index is 0.993. The molecule has 1 aliphatic heterocycles. The van der Waals surface area contributed by atoms with Crippen molar-refractivity contribution in [1.82, 2.24) is 14.9 Å². The standard InChI is InChI=1S/C29H27F3N4O2/c1-19-26(25-4-2-3-13-36(25)34-19)27(37)33-16-20-5-7-21(8-6-20)22-14-28(15-22)17-35(18-28)23-9-11-24(12-10-23)38-29(30,31)32/h2-13,22H,14-18H2,1H3,(H,33,37). The third kappa shape index (κ3) is 4.68. The highest BCUT2D eigenvalue weighted by Crippen LogP contribution is 2.56. The van der Waals surface area contributed by atoms with Crippen molar-refractivity contribution in [2.24, 2.45) is 5.41 Å². The number of carbonyl (C=O) groups excluding carboxylic acids is 1. The Morgan fingerprint density at radius 3 is 2.45 bits per heavy atom. The van der Waals surface area contributed by atoms with Gasteiger partial charge in [-0.1, -0.05) is 30.3 Å². The maximum absolute atomic E-state index is 12.8. The summed E-state index contributed by atoms with van der Waals surface area (Å²) in [5.74, 6) is 0.171. The molecule has 0 atom stereocenters. The van der Waals surface area contributed by atoms with Crippen LogP contribution in [0.3, 0.4) is 0 Å². The van der Waals surface area contributed by atoms with Gasteiger partial charge in [-0.15, -0.1) is 13.2 Å². The molecule has 2 aromatic heterocycles. The number of fused-ring (bicyclic) bond motifs is 1. The first-order chi connectivity index (χ1) is 18.2. The van der Waals surface area contributed by atoms with Crippen LogP contribution in [0.2, 0.25) is 0 Å². The Morgan fingerprint density at radius 2 is 1.76 bits per heavy atom. The third-order valence-electron chi connectivity index (χ3n) is 7.69. The van der Waals surface area contributed by atoms with E-state index in [1.807, 2.05) is 31.3 Å². The van der Waals surface area contributed by atoms with Crippen LogP contribution in [0.4, 0.5) is 18.9 Å². The lowest BCUT2D eigenvalue weighted by molar-refractivity contribution is -0.274. The van der Waals surface area contributed by atoms with Crippen molar-refractivity contribution in [3.63, 3.8) is 0 Å². The zero-order valence-electron chi connectivity index (χ0n) is 20.8. The van der Waals surface area contributed by atoms with Gasteiger partial charge in [0, 0.05) is 36.9 Å². The van der Waals surface area contributed by atoms with Crippen LogP contribution in [0.5, 0.6) is 5.75 Å². The number of carbonyl (C=O) groups is 1. The molecule has 1 aliphatic carbocycles. The maximum atomic E-state index is 12.8. The van der Waals surface area contributed by atoms with Crippen molar-refractivity contribution in [2.45, 2.75) is 38.6 Å². The zero-order chi connectivity index (χ0) is 26.5. The van der Waals surface area contributed by atoms with Crippen molar-refractivity contribution >= 4 is 17.1 Å². The van der Waals surface area contributed by atoms with E-state index in [0.29, 0.717) is 23.7 Å². The smallest absolute Gasteiger partial charge is 0.406 e. The summed E-state index contributed by atoms with van der Waals surface area (Å²) in [6.07, 6.45) is -0.645. The largest absolute Gasteiger partial charge is 0.573 e. The van der Waals surface area contributed by atoms with Crippen LogP contribution in [0.25, 0.3) is 5.52 Å². The van der Waals surface area contributed by atoms with Gasteiger partial charge in [0.2, 0.25) is 0 Å². The normalized spacial score (nSPS) is 16.8. The number of rotatable bonds is 6. The molecule has 3 heterocycles. The minimum atomic E-state index is -4.68. The Labute approximate surface area is 218 Å². The van der Waals surface area contributed by atoms with Crippen LogP contribution in [0, 0.1) is 12.3 Å². The van der Waals surface area contributed by atoms with Gasteiger partial charge in [-0.05, 0) is 73.2 Å². The van der Waals surface area contributed by atoms with E-state index in [2.05, 4.69) is 44.3 Å². The number of ether oxygens (including phenoxy) is 1. The molecule has 9 heteroatoms. The number of pyridine rings is 1. The average Bonchev–Trinajstić information content (AvgIpc) is 3.17. The minimum Gasteiger partial charge on any atom is -0.406 e. The molecule has 2 fully saturated rings. The lowest BCUT2D eigenvalue weighted by Crippen LogP contribution is -2.61. The quantitative estimate of drug-likeness (QED) is 0.346. The van der Waals surface area contributed by atoms with Crippen molar-refractivity contribution in [2.75, 3.05) is 18.0 Å². The Kier molecular flexibility index (Phi) is 5.81. The fourth-order valence-corrected chi connectivity index (χ4v) is 5.86. The first kappa shape index (κ1) is 24.3. The molecule has 1 saturated heterocycles. The summed E-state index contributed by atoms with van der Waals surface area (Å²) in [5.41, 5.74) is 5.63. The van der Waals surface area contributed by atoms with Crippen molar-refractivity contribution in [3.8, 4) is 5.75 Å². The molecule has 1 N–H and O–H groups in total. The van der Waals surface area contributed by atoms with Gasteiger partial charge in [0.05, 0.1) is 16.8 Å². The van der Waals surface area contributed by atoms with Gasteiger partial charge < -0.3 is 15.0 Å². The van der Waals surface area contributed by atoms with E-state index in [1.165, 1.54) is 17.7 Å². The van der Waals surface area contributed by atoms with Gasteiger partial charge >= 0.3 is 6.36 Å². The summed E-state index contributed by atoms with van der Waals surface area (Å²) in [6.45, 7) is 4.11. The monoisotopic (exact) mass is 520 g/mol. The summed E-state index contributed by atoms with van der Waals surface area (Å²) in [4.78, 5) is 15.0. The average molecular weight is 521 g/mol. The van der Waals surface area contributed by atoms with Crippen molar-refractivity contribution < 1.29 is 22.7 Å².